The molecule has 4 aromatic carbocycles. The lowest BCUT2D eigenvalue weighted by molar-refractivity contribution is 1.68. The topological polar surface area (TPSA) is 26.0 Å². The summed E-state index contributed by atoms with van der Waals surface area (Å²) in [4.78, 5) is 0. The van der Waals surface area contributed by atoms with Crippen LogP contribution >= 0.6 is 11.3 Å². The molecule has 24 heavy (non-hydrogen) atoms. The molecule has 5 rings (SSSR count). The molecule has 2 heteroatoms. The van der Waals surface area contributed by atoms with E-state index < -0.39 is 0 Å². The number of nitrogens with two attached hydrogens (primary N) is 1. The molecular weight excluding hydrogens is 310 g/mol. The maximum Gasteiger partial charge on any atom is 0.0400 e. The molecule has 0 unspecified atom stereocenters. The summed E-state index contributed by atoms with van der Waals surface area (Å²) in [6.07, 6.45) is 0. The highest BCUT2D eigenvalue weighted by molar-refractivity contribution is 7.25. The van der Waals surface area contributed by atoms with Crippen molar-refractivity contribution < 1.29 is 0 Å². The lowest BCUT2D eigenvalue weighted by Crippen LogP contribution is -1.91. The van der Waals surface area contributed by atoms with E-state index in [1.54, 1.807) is 0 Å². The third-order valence-corrected chi connectivity index (χ3v) is 5.76. The Labute approximate surface area is 144 Å². The maximum atomic E-state index is 6.34. The Morgan fingerprint density at radius 2 is 1.38 bits per heavy atom. The predicted octanol–water partition coefficient (Wildman–Crippen LogP) is 6.46. The molecule has 0 radical (unpaired) electrons. The van der Waals surface area contributed by atoms with Gasteiger partial charge in [0.25, 0.3) is 0 Å². The van der Waals surface area contributed by atoms with E-state index in [1.165, 1.54) is 36.5 Å². The minimum Gasteiger partial charge on any atom is -0.398 e. The van der Waals surface area contributed by atoms with Crippen molar-refractivity contribution in [3.8, 4) is 11.1 Å². The van der Waals surface area contributed by atoms with Gasteiger partial charge in [0.1, 0.15) is 0 Å². The molecule has 0 amide bonds. The molecular formula is C22H15NS. The van der Waals surface area contributed by atoms with Crippen LogP contribution in [-0.4, -0.2) is 0 Å². The van der Waals surface area contributed by atoms with Crippen LogP contribution in [0.3, 0.4) is 0 Å². The fraction of sp³-hybridized carbons (Fsp3) is 0. The van der Waals surface area contributed by atoms with Gasteiger partial charge in [-0.1, -0.05) is 60.7 Å². The number of fused-ring (bicyclic) bond motifs is 4. The van der Waals surface area contributed by atoms with Crippen molar-refractivity contribution in [1.29, 1.82) is 0 Å². The summed E-state index contributed by atoms with van der Waals surface area (Å²) in [5.74, 6) is 0. The normalized spacial score (nSPS) is 11.5. The molecule has 0 aliphatic carbocycles. The summed E-state index contributed by atoms with van der Waals surface area (Å²) in [6, 6.07) is 27.8. The molecule has 5 aromatic rings. The third-order valence-electron chi connectivity index (χ3n) is 4.63. The van der Waals surface area contributed by atoms with Crippen molar-refractivity contribution in [2.45, 2.75) is 0 Å². The van der Waals surface area contributed by atoms with Gasteiger partial charge in [0.05, 0.1) is 0 Å². The SMILES string of the molecule is Nc1ccc2ccccc2c1-c1ccc2c(c1)sc1ccccc12. The molecule has 114 valence electrons. The van der Waals surface area contributed by atoms with Crippen LogP contribution in [0.25, 0.3) is 42.1 Å². The maximum absolute atomic E-state index is 6.34. The van der Waals surface area contributed by atoms with Gasteiger partial charge in [-0.3, -0.25) is 0 Å². The van der Waals surface area contributed by atoms with Gasteiger partial charge in [0.2, 0.25) is 0 Å². The summed E-state index contributed by atoms with van der Waals surface area (Å²) >= 11 is 1.84. The minimum absolute atomic E-state index is 0.828. The van der Waals surface area contributed by atoms with Crippen molar-refractivity contribution in [3.63, 3.8) is 0 Å². The lowest BCUT2D eigenvalue weighted by Gasteiger charge is -2.10. The number of thiophene rings is 1. The third kappa shape index (κ3) is 1.93. The monoisotopic (exact) mass is 325 g/mol. The molecule has 1 heterocycles. The number of hydrogen-bond donors (Lipinski definition) is 1. The molecule has 0 spiro atoms. The summed E-state index contributed by atoms with van der Waals surface area (Å²) in [5.41, 5.74) is 9.48. The number of nitrogen functional groups attached to an aromatic ring is 1. The van der Waals surface area contributed by atoms with Crippen LogP contribution in [0, 0.1) is 0 Å². The molecule has 0 aliphatic heterocycles. The second-order valence-electron chi connectivity index (χ2n) is 6.06. The molecule has 0 saturated carbocycles. The summed E-state index contributed by atoms with van der Waals surface area (Å²) in [6.45, 7) is 0. The van der Waals surface area contributed by atoms with Crippen LogP contribution in [-0.2, 0) is 0 Å². The second kappa shape index (κ2) is 5.08. The lowest BCUT2D eigenvalue weighted by atomic mass is 9.96. The van der Waals surface area contributed by atoms with Gasteiger partial charge < -0.3 is 5.73 Å². The molecule has 0 atom stereocenters. The highest BCUT2D eigenvalue weighted by atomic mass is 32.1. The molecule has 1 aromatic heterocycles. The van der Waals surface area contributed by atoms with Gasteiger partial charge >= 0.3 is 0 Å². The van der Waals surface area contributed by atoms with E-state index in [0.29, 0.717) is 0 Å². The molecule has 2 N–H and O–H groups in total. The number of hydrogen-bond acceptors (Lipinski definition) is 2. The molecule has 0 bridgehead atoms. The van der Waals surface area contributed by atoms with E-state index in [-0.39, 0.29) is 0 Å². The average Bonchev–Trinajstić information content (AvgIpc) is 2.99. The standard InChI is InChI=1S/C22H15NS/c23-19-12-10-14-5-1-2-6-16(14)22(19)15-9-11-18-17-7-3-4-8-20(17)24-21(18)13-15/h1-13H,23H2. The van der Waals surface area contributed by atoms with Crippen molar-refractivity contribution in [2.75, 3.05) is 5.73 Å². The van der Waals surface area contributed by atoms with Crippen LogP contribution in [0.1, 0.15) is 0 Å². The highest BCUT2D eigenvalue weighted by Crippen LogP contribution is 2.39. The van der Waals surface area contributed by atoms with Gasteiger partial charge in [-0.05, 0) is 34.5 Å². The Morgan fingerprint density at radius 1 is 0.625 bits per heavy atom. The number of benzene rings is 4. The van der Waals surface area contributed by atoms with E-state index >= 15 is 0 Å². The second-order valence-corrected chi connectivity index (χ2v) is 7.14. The summed E-state index contributed by atoms with van der Waals surface area (Å²) < 4.78 is 2.64. The zero-order valence-electron chi connectivity index (χ0n) is 13.0. The first-order valence-electron chi connectivity index (χ1n) is 8.00. The van der Waals surface area contributed by atoms with E-state index in [0.717, 1.165) is 11.3 Å². The van der Waals surface area contributed by atoms with Crippen molar-refractivity contribution in [3.05, 3.63) is 78.9 Å². The highest BCUT2D eigenvalue weighted by Gasteiger charge is 2.11. The summed E-state index contributed by atoms with van der Waals surface area (Å²) in [5, 5.41) is 5.07. The smallest absolute Gasteiger partial charge is 0.0400 e. The van der Waals surface area contributed by atoms with Crippen molar-refractivity contribution in [1.82, 2.24) is 0 Å². The van der Waals surface area contributed by atoms with Gasteiger partial charge in [0, 0.05) is 31.4 Å². The largest absolute Gasteiger partial charge is 0.398 e. The van der Waals surface area contributed by atoms with Crippen LogP contribution in [0.4, 0.5) is 5.69 Å². The van der Waals surface area contributed by atoms with Gasteiger partial charge in [0.15, 0.2) is 0 Å². The molecule has 0 fully saturated rings. The Balaban J connectivity index is 1.84. The van der Waals surface area contributed by atoms with Crippen LogP contribution < -0.4 is 5.73 Å². The van der Waals surface area contributed by atoms with Crippen LogP contribution in [0.5, 0.6) is 0 Å². The zero-order valence-corrected chi connectivity index (χ0v) is 13.8. The Hall–Kier alpha value is -2.84. The van der Waals surface area contributed by atoms with Crippen molar-refractivity contribution in [2.24, 2.45) is 0 Å². The summed E-state index contributed by atoms with van der Waals surface area (Å²) in [7, 11) is 0. The van der Waals surface area contributed by atoms with E-state index in [2.05, 4.69) is 72.8 Å². The van der Waals surface area contributed by atoms with Gasteiger partial charge in [-0.25, -0.2) is 0 Å². The Kier molecular flexibility index (Phi) is 2.88. The number of rotatable bonds is 1. The van der Waals surface area contributed by atoms with E-state index in [1.807, 2.05) is 17.4 Å². The quantitative estimate of drug-likeness (QED) is 0.352. The Bertz CT molecular complexity index is 1220. The van der Waals surface area contributed by atoms with Crippen LogP contribution in [0.15, 0.2) is 78.9 Å². The predicted molar refractivity (Wildman–Crippen MR) is 107 cm³/mol. The van der Waals surface area contributed by atoms with Gasteiger partial charge in [-0.15, -0.1) is 11.3 Å². The first kappa shape index (κ1) is 13.6. The minimum atomic E-state index is 0.828. The van der Waals surface area contributed by atoms with E-state index in [4.69, 9.17) is 5.73 Å². The first-order chi connectivity index (χ1) is 11.8. The van der Waals surface area contributed by atoms with Crippen LogP contribution in [0.2, 0.25) is 0 Å². The fourth-order valence-electron chi connectivity index (χ4n) is 3.49. The van der Waals surface area contributed by atoms with Crippen molar-refractivity contribution >= 4 is 48.0 Å². The fourth-order valence-corrected chi connectivity index (χ4v) is 4.64. The first-order valence-corrected chi connectivity index (χ1v) is 8.82. The average molecular weight is 325 g/mol. The number of anilines is 1. The molecule has 0 aliphatic rings. The Morgan fingerprint density at radius 3 is 2.29 bits per heavy atom. The molecule has 0 saturated heterocycles. The van der Waals surface area contributed by atoms with E-state index in [9.17, 15) is 0 Å². The zero-order chi connectivity index (χ0) is 16.1. The molecule has 1 nitrogen and oxygen atoms in total. The van der Waals surface area contributed by atoms with Gasteiger partial charge in [-0.2, -0.15) is 0 Å².